The molecule has 3 rings (SSSR count). The molecule has 2 aliphatic rings. The van der Waals surface area contributed by atoms with Crippen LogP contribution in [0.25, 0.3) is 0 Å². The second-order valence-electron chi connectivity index (χ2n) is 7.42. The van der Waals surface area contributed by atoms with Gasteiger partial charge in [0.05, 0.1) is 0 Å². The van der Waals surface area contributed by atoms with Crippen LogP contribution in [-0.2, 0) is 4.79 Å². The molecule has 1 aromatic carbocycles. The van der Waals surface area contributed by atoms with Crippen LogP contribution in [0.2, 0.25) is 0 Å². The van der Waals surface area contributed by atoms with Crippen LogP contribution in [0.5, 0.6) is 0 Å². The summed E-state index contributed by atoms with van der Waals surface area (Å²) in [6, 6.07) is 9.18. The first-order chi connectivity index (χ1) is 11.6. The molecule has 2 aliphatic heterocycles. The lowest BCUT2D eigenvalue weighted by atomic mass is 9.88. The van der Waals surface area contributed by atoms with Gasteiger partial charge < -0.3 is 4.90 Å². The molecule has 0 spiro atoms. The van der Waals surface area contributed by atoms with Gasteiger partial charge in [0, 0.05) is 38.0 Å². The molecule has 0 aliphatic carbocycles. The van der Waals surface area contributed by atoms with E-state index in [1.165, 1.54) is 11.1 Å². The highest BCUT2D eigenvalue weighted by atomic mass is 35.5. The Morgan fingerprint density at radius 3 is 2.72 bits per heavy atom. The lowest BCUT2D eigenvalue weighted by molar-refractivity contribution is -0.130. The fourth-order valence-corrected chi connectivity index (χ4v) is 4.54. The number of hydrogen-bond donors (Lipinski definition) is 0. The maximum atomic E-state index is 12.5. The third kappa shape index (κ3) is 4.27. The molecule has 3 nitrogen and oxygen atoms in total. The van der Waals surface area contributed by atoms with Crippen LogP contribution in [-0.4, -0.2) is 42.4 Å². The molecule has 0 N–H and O–H groups in total. The standard InChI is InChI=1S/C21H30N2O.ClH/c1-4-5-6-7-12-20(24)23-14-17-13-22(3)21(19(17)15-23)18-11-9-8-10-16(18)2;/h4-5,8-11,17,19,21H,6-7,12-15H2,1-3H3;1H/b5-4+;/t17-,19+,21-;/m0./s1. The van der Waals surface area contributed by atoms with E-state index in [0.717, 1.165) is 32.5 Å². The number of hydrogen-bond acceptors (Lipinski definition) is 2. The van der Waals surface area contributed by atoms with E-state index >= 15 is 0 Å². The van der Waals surface area contributed by atoms with Gasteiger partial charge in [-0.2, -0.15) is 0 Å². The Kier molecular flexibility index (Phi) is 7.09. The number of benzene rings is 1. The SMILES string of the molecule is C/C=C/CCCC(=O)N1C[C@@H]2CN(C)[C@@H](c3ccccc3C)[C@@H]2C1.Cl. The van der Waals surface area contributed by atoms with Crippen molar-refractivity contribution < 1.29 is 4.79 Å². The molecule has 0 saturated carbocycles. The van der Waals surface area contributed by atoms with Gasteiger partial charge in [-0.3, -0.25) is 9.69 Å². The van der Waals surface area contributed by atoms with Gasteiger partial charge in [-0.05, 0) is 50.8 Å². The summed E-state index contributed by atoms with van der Waals surface area (Å²) in [5.74, 6) is 1.55. The molecule has 0 bridgehead atoms. The van der Waals surface area contributed by atoms with Gasteiger partial charge in [-0.25, -0.2) is 0 Å². The quantitative estimate of drug-likeness (QED) is 0.578. The Bertz CT molecular complexity index is 616. The van der Waals surface area contributed by atoms with E-state index in [1.54, 1.807) is 0 Å². The van der Waals surface area contributed by atoms with Crippen molar-refractivity contribution in [3.8, 4) is 0 Å². The Hall–Kier alpha value is -1.32. The summed E-state index contributed by atoms with van der Waals surface area (Å²) < 4.78 is 0. The van der Waals surface area contributed by atoms with Crippen LogP contribution in [0.4, 0.5) is 0 Å². The van der Waals surface area contributed by atoms with Crippen molar-refractivity contribution in [3.05, 3.63) is 47.5 Å². The van der Waals surface area contributed by atoms with Gasteiger partial charge in [0.25, 0.3) is 0 Å². The van der Waals surface area contributed by atoms with Crippen LogP contribution >= 0.6 is 12.4 Å². The van der Waals surface area contributed by atoms with Gasteiger partial charge in [0.15, 0.2) is 0 Å². The molecule has 2 heterocycles. The third-order valence-corrected chi connectivity index (χ3v) is 5.75. The number of fused-ring (bicyclic) bond motifs is 1. The number of amides is 1. The maximum absolute atomic E-state index is 12.5. The van der Waals surface area contributed by atoms with Crippen LogP contribution in [0.1, 0.15) is 43.4 Å². The monoisotopic (exact) mass is 362 g/mol. The van der Waals surface area contributed by atoms with Gasteiger partial charge in [0.1, 0.15) is 0 Å². The number of nitrogens with zero attached hydrogens (tertiary/aromatic N) is 2. The zero-order valence-corrected chi connectivity index (χ0v) is 16.5. The molecule has 0 unspecified atom stereocenters. The highest BCUT2D eigenvalue weighted by molar-refractivity contribution is 5.85. The molecule has 1 aromatic rings. The van der Waals surface area contributed by atoms with Crippen molar-refractivity contribution >= 4 is 18.3 Å². The summed E-state index contributed by atoms with van der Waals surface area (Å²) in [5.41, 5.74) is 2.81. The van der Waals surface area contributed by atoms with E-state index in [1.807, 2.05) is 6.92 Å². The van der Waals surface area contributed by atoms with Gasteiger partial charge >= 0.3 is 0 Å². The summed E-state index contributed by atoms with van der Waals surface area (Å²) >= 11 is 0. The van der Waals surface area contributed by atoms with Crippen molar-refractivity contribution in [2.75, 3.05) is 26.7 Å². The van der Waals surface area contributed by atoms with E-state index in [4.69, 9.17) is 0 Å². The lowest BCUT2D eigenvalue weighted by Crippen LogP contribution is -2.33. The number of rotatable bonds is 5. The van der Waals surface area contributed by atoms with Gasteiger partial charge in [-0.1, -0.05) is 36.4 Å². The van der Waals surface area contributed by atoms with Crippen LogP contribution in [0.15, 0.2) is 36.4 Å². The minimum Gasteiger partial charge on any atom is -0.342 e. The Balaban J connectivity index is 0.00000225. The van der Waals surface area contributed by atoms with E-state index < -0.39 is 0 Å². The van der Waals surface area contributed by atoms with Crippen molar-refractivity contribution in [2.45, 2.75) is 39.2 Å². The first-order valence-electron chi connectivity index (χ1n) is 9.26. The molecule has 2 fully saturated rings. The number of carbonyl (C=O) groups is 1. The second kappa shape index (κ2) is 8.86. The van der Waals surface area contributed by atoms with Gasteiger partial charge in [0.2, 0.25) is 5.91 Å². The normalized spacial score (nSPS) is 26.0. The minimum atomic E-state index is 0. The molecule has 25 heavy (non-hydrogen) atoms. The number of likely N-dealkylation sites (tertiary alicyclic amines) is 2. The summed E-state index contributed by atoms with van der Waals surface area (Å²) in [6.07, 6.45) is 6.88. The van der Waals surface area contributed by atoms with Crippen molar-refractivity contribution in [2.24, 2.45) is 11.8 Å². The third-order valence-electron chi connectivity index (χ3n) is 5.75. The lowest BCUT2D eigenvalue weighted by Gasteiger charge is -2.28. The predicted molar refractivity (Wildman–Crippen MR) is 106 cm³/mol. The molecule has 3 atom stereocenters. The summed E-state index contributed by atoms with van der Waals surface area (Å²) in [4.78, 5) is 17.1. The van der Waals surface area contributed by atoms with E-state index in [2.05, 4.69) is 60.2 Å². The van der Waals surface area contributed by atoms with Crippen LogP contribution in [0, 0.1) is 18.8 Å². The summed E-state index contributed by atoms with van der Waals surface area (Å²) in [5, 5.41) is 0. The van der Waals surface area contributed by atoms with Gasteiger partial charge in [-0.15, -0.1) is 12.4 Å². The largest absolute Gasteiger partial charge is 0.342 e. The molecule has 0 radical (unpaired) electrons. The molecule has 2 saturated heterocycles. The Morgan fingerprint density at radius 2 is 2.00 bits per heavy atom. The molecule has 1 amide bonds. The number of aryl methyl sites for hydroxylation is 1. The highest BCUT2D eigenvalue weighted by Gasteiger charge is 2.47. The number of allylic oxidation sites excluding steroid dienone is 2. The van der Waals surface area contributed by atoms with Crippen molar-refractivity contribution in [3.63, 3.8) is 0 Å². The predicted octanol–water partition coefficient (Wildman–Crippen LogP) is 4.22. The fraction of sp³-hybridized carbons (Fsp3) is 0.571. The second-order valence-corrected chi connectivity index (χ2v) is 7.42. The zero-order valence-electron chi connectivity index (χ0n) is 15.6. The first-order valence-corrected chi connectivity index (χ1v) is 9.26. The van der Waals surface area contributed by atoms with E-state index in [9.17, 15) is 4.79 Å². The Morgan fingerprint density at radius 1 is 1.24 bits per heavy atom. The highest BCUT2D eigenvalue weighted by Crippen LogP contribution is 2.44. The Labute approximate surface area is 158 Å². The minimum absolute atomic E-state index is 0. The van der Waals surface area contributed by atoms with E-state index in [-0.39, 0.29) is 12.4 Å². The number of halogens is 1. The van der Waals surface area contributed by atoms with Crippen LogP contribution < -0.4 is 0 Å². The van der Waals surface area contributed by atoms with Crippen LogP contribution in [0.3, 0.4) is 0 Å². The molecule has 4 heteroatoms. The smallest absolute Gasteiger partial charge is 0.222 e. The molecular formula is C21H31ClN2O. The first kappa shape index (κ1) is 20.0. The molecule has 138 valence electrons. The summed E-state index contributed by atoms with van der Waals surface area (Å²) in [7, 11) is 2.23. The average molecular weight is 363 g/mol. The van der Waals surface area contributed by atoms with Crippen molar-refractivity contribution in [1.29, 1.82) is 0 Å². The maximum Gasteiger partial charge on any atom is 0.222 e. The summed E-state index contributed by atoms with van der Waals surface area (Å²) in [6.45, 7) is 7.21. The van der Waals surface area contributed by atoms with E-state index in [0.29, 0.717) is 30.2 Å². The van der Waals surface area contributed by atoms with Crippen molar-refractivity contribution in [1.82, 2.24) is 9.80 Å². The average Bonchev–Trinajstić information content (AvgIpc) is 3.09. The molecule has 0 aromatic heterocycles. The number of carbonyl (C=O) groups excluding carboxylic acids is 1. The molecular weight excluding hydrogens is 332 g/mol. The number of unbranched alkanes of at least 4 members (excludes halogenated alkanes) is 1. The topological polar surface area (TPSA) is 23.6 Å². The fourth-order valence-electron chi connectivity index (χ4n) is 4.54. The zero-order chi connectivity index (χ0) is 17.1.